The van der Waals surface area contributed by atoms with Crippen molar-refractivity contribution in [1.29, 1.82) is 0 Å². The van der Waals surface area contributed by atoms with Gasteiger partial charge in [0.2, 0.25) is 5.91 Å². The Bertz CT molecular complexity index is 179. The average Bonchev–Trinajstić information content (AvgIpc) is 2.19. The summed E-state index contributed by atoms with van der Waals surface area (Å²) in [7, 11) is 3.59. The van der Waals surface area contributed by atoms with Crippen molar-refractivity contribution in [2.75, 3.05) is 38.7 Å². The molecule has 14 heavy (non-hydrogen) atoms. The summed E-state index contributed by atoms with van der Waals surface area (Å²) in [6.07, 6.45) is 2.60. The molecule has 1 fully saturated rings. The lowest BCUT2D eigenvalue weighted by Gasteiger charge is -2.21. The van der Waals surface area contributed by atoms with Crippen LogP contribution in [0.5, 0.6) is 0 Å². The van der Waals surface area contributed by atoms with Gasteiger partial charge in [0, 0.05) is 14.1 Å². The highest BCUT2D eigenvalue weighted by Gasteiger charge is 2.13. The molecule has 0 aromatic heterocycles. The minimum absolute atomic E-state index is 0.162. The van der Waals surface area contributed by atoms with Crippen molar-refractivity contribution in [1.82, 2.24) is 10.2 Å². The quantitative estimate of drug-likeness (QED) is 0.755. The summed E-state index contributed by atoms with van der Waals surface area (Å²) >= 11 is 2.04. The standard InChI is InChI=1S/C10H20N2OS/c1-12(2)10(13)8-11-7-9-3-5-14-6-4-9/h9,11H,3-8H2,1-2H3. The topological polar surface area (TPSA) is 32.3 Å². The second kappa shape index (κ2) is 6.30. The molecule has 3 nitrogen and oxygen atoms in total. The number of amides is 1. The zero-order valence-corrected chi connectivity index (χ0v) is 9.90. The number of likely N-dealkylation sites (N-methyl/N-ethyl adjacent to an activating group) is 1. The number of nitrogens with zero attached hydrogens (tertiary/aromatic N) is 1. The van der Waals surface area contributed by atoms with Crippen molar-refractivity contribution < 1.29 is 4.79 Å². The first-order valence-electron chi connectivity index (χ1n) is 5.18. The molecule has 0 radical (unpaired) electrons. The van der Waals surface area contributed by atoms with Gasteiger partial charge >= 0.3 is 0 Å². The van der Waals surface area contributed by atoms with Crippen molar-refractivity contribution in [2.45, 2.75) is 12.8 Å². The first kappa shape index (κ1) is 11.9. The SMILES string of the molecule is CN(C)C(=O)CNCC1CCSCC1. The molecular weight excluding hydrogens is 196 g/mol. The molecule has 1 aliphatic heterocycles. The third-order valence-corrected chi connectivity index (χ3v) is 3.60. The van der Waals surface area contributed by atoms with E-state index in [1.54, 1.807) is 19.0 Å². The average molecular weight is 216 g/mol. The van der Waals surface area contributed by atoms with Crippen LogP contribution in [-0.4, -0.2) is 49.5 Å². The van der Waals surface area contributed by atoms with Crippen LogP contribution in [0, 0.1) is 5.92 Å². The van der Waals surface area contributed by atoms with Gasteiger partial charge < -0.3 is 10.2 Å². The number of nitrogens with one attached hydrogen (secondary N) is 1. The third-order valence-electron chi connectivity index (χ3n) is 2.55. The molecule has 0 saturated carbocycles. The monoisotopic (exact) mass is 216 g/mol. The van der Waals surface area contributed by atoms with E-state index in [2.05, 4.69) is 5.32 Å². The highest BCUT2D eigenvalue weighted by Crippen LogP contribution is 2.21. The van der Waals surface area contributed by atoms with Gasteiger partial charge in [0.25, 0.3) is 0 Å². The Hall–Kier alpha value is -0.220. The fourth-order valence-electron chi connectivity index (χ4n) is 1.49. The van der Waals surface area contributed by atoms with Crippen LogP contribution in [0.4, 0.5) is 0 Å². The van der Waals surface area contributed by atoms with Crippen LogP contribution in [0.1, 0.15) is 12.8 Å². The third kappa shape index (κ3) is 4.33. The first-order valence-corrected chi connectivity index (χ1v) is 6.34. The molecular formula is C10H20N2OS. The summed E-state index contributed by atoms with van der Waals surface area (Å²) in [6.45, 7) is 1.48. The summed E-state index contributed by atoms with van der Waals surface area (Å²) in [5, 5.41) is 3.24. The number of carbonyl (C=O) groups excluding carboxylic acids is 1. The first-order chi connectivity index (χ1) is 6.70. The smallest absolute Gasteiger partial charge is 0.236 e. The minimum Gasteiger partial charge on any atom is -0.348 e. The molecule has 0 atom stereocenters. The normalized spacial score (nSPS) is 18.1. The zero-order chi connectivity index (χ0) is 10.4. The van der Waals surface area contributed by atoms with Crippen molar-refractivity contribution in [2.24, 2.45) is 5.92 Å². The van der Waals surface area contributed by atoms with Crippen LogP contribution in [0.15, 0.2) is 0 Å². The molecule has 1 saturated heterocycles. The number of rotatable bonds is 4. The highest BCUT2D eigenvalue weighted by atomic mass is 32.2. The van der Waals surface area contributed by atoms with Gasteiger partial charge in [-0.25, -0.2) is 0 Å². The number of thioether (sulfide) groups is 1. The lowest BCUT2D eigenvalue weighted by Crippen LogP contribution is -2.35. The predicted octanol–water partition coefficient (Wildman–Crippen LogP) is 0.807. The lowest BCUT2D eigenvalue weighted by molar-refractivity contribution is -0.127. The van der Waals surface area contributed by atoms with Gasteiger partial charge in [-0.2, -0.15) is 11.8 Å². The summed E-state index contributed by atoms with van der Waals surface area (Å²) in [5.74, 6) is 3.52. The second-order valence-corrected chi connectivity index (χ2v) is 5.20. The van der Waals surface area contributed by atoms with E-state index < -0.39 is 0 Å². The van der Waals surface area contributed by atoms with Crippen LogP contribution in [0.3, 0.4) is 0 Å². The van der Waals surface area contributed by atoms with Gasteiger partial charge in [-0.1, -0.05) is 0 Å². The molecule has 1 rings (SSSR count). The molecule has 0 aliphatic carbocycles. The van der Waals surface area contributed by atoms with Gasteiger partial charge in [0.1, 0.15) is 0 Å². The van der Waals surface area contributed by atoms with E-state index in [1.165, 1.54) is 24.3 Å². The molecule has 0 spiro atoms. The predicted molar refractivity (Wildman–Crippen MR) is 61.6 cm³/mol. The van der Waals surface area contributed by atoms with E-state index in [0.717, 1.165) is 12.5 Å². The Kier molecular flexibility index (Phi) is 5.33. The largest absolute Gasteiger partial charge is 0.348 e. The van der Waals surface area contributed by atoms with Crippen molar-refractivity contribution in [3.8, 4) is 0 Å². The summed E-state index contributed by atoms with van der Waals surface area (Å²) < 4.78 is 0. The lowest BCUT2D eigenvalue weighted by atomic mass is 10.0. The Morgan fingerprint density at radius 1 is 1.43 bits per heavy atom. The molecule has 1 amide bonds. The van der Waals surface area contributed by atoms with E-state index >= 15 is 0 Å². The van der Waals surface area contributed by atoms with Gasteiger partial charge in [0.05, 0.1) is 6.54 Å². The number of hydrogen-bond donors (Lipinski definition) is 1. The Morgan fingerprint density at radius 2 is 2.07 bits per heavy atom. The molecule has 0 bridgehead atoms. The Morgan fingerprint density at radius 3 is 2.64 bits per heavy atom. The highest BCUT2D eigenvalue weighted by molar-refractivity contribution is 7.99. The van der Waals surface area contributed by atoms with E-state index in [1.807, 2.05) is 11.8 Å². The Balaban J connectivity index is 2.05. The summed E-state index contributed by atoms with van der Waals surface area (Å²) in [4.78, 5) is 12.9. The van der Waals surface area contributed by atoms with Gasteiger partial charge in [-0.15, -0.1) is 0 Å². The molecule has 0 aromatic rings. The van der Waals surface area contributed by atoms with E-state index in [0.29, 0.717) is 6.54 Å². The molecule has 1 aliphatic rings. The van der Waals surface area contributed by atoms with Gasteiger partial charge in [-0.3, -0.25) is 4.79 Å². The van der Waals surface area contributed by atoms with E-state index in [4.69, 9.17) is 0 Å². The summed E-state index contributed by atoms with van der Waals surface area (Å²) in [6, 6.07) is 0. The van der Waals surface area contributed by atoms with Crippen molar-refractivity contribution in [3.63, 3.8) is 0 Å². The van der Waals surface area contributed by atoms with Gasteiger partial charge in [0.15, 0.2) is 0 Å². The molecule has 0 unspecified atom stereocenters. The fraction of sp³-hybridized carbons (Fsp3) is 0.900. The van der Waals surface area contributed by atoms with Crippen LogP contribution in [0.25, 0.3) is 0 Å². The molecule has 1 N–H and O–H groups in total. The second-order valence-electron chi connectivity index (χ2n) is 3.97. The molecule has 0 aromatic carbocycles. The van der Waals surface area contributed by atoms with Crippen LogP contribution < -0.4 is 5.32 Å². The number of carbonyl (C=O) groups is 1. The molecule has 82 valence electrons. The maximum absolute atomic E-state index is 11.2. The van der Waals surface area contributed by atoms with Crippen molar-refractivity contribution in [3.05, 3.63) is 0 Å². The van der Waals surface area contributed by atoms with Crippen LogP contribution in [-0.2, 0) is 4.79 Å². The van der Waals surface area contributed by atoms with Crippen LogP contribution >= 0.6 is 11.8 Å². The molecule has 4 heteroatoms. The number of hydrogen-bond acceptors (Lipinski definition) is 3. The Labute approximate surface area is 90.6 Å². The fourth-order valence-corrected chi connectivity index (χ4v) is 2.70. The zero-order valence-electron chi connectivity index (χ0n) is 9.08. The maximum Gasteiger partial charge on any atom is 0.236 e. The molecule has 1 heterocycles. The van der Waals surface area contributed by atoms with E-state index in [-0.39, 0.29) is 5.91 Å². The maximum atomic E-state index is 11.2. The van der Waals surface area contributed by atoms with Crippen molar-refractivity contribution >= 4 is 17.7 Å². The van der Waals surface area contributed by atoms with Gasteiger partial charge in [-0.05, 0) is 36.8 Å². The summed E-state index contributed by atoms with van der Waals surface area (Å²) in [5.41, 5.74) is 0. The van der Waals surface area contributed by atoms with Crippen LogP contribution in [0.2, 0.25) is 0 Å². The minimum atomic E-state index is 0.162. The van der Waals surface area contributed by atoms with E-state index in [9.17, 15) is 4.79 Å².